The van der Waals surface area contributed by atoms with Crippen LogP contribution in [0.3, 0.4) is 0 Å². The summed E-state index contributed by atoms with van der Waals surface area (Å²) in [7, 11) is -0.787. The fourth-order valence-corrected chi connectivity index (χ4v) is 6.82. The number of aryl methyl sites for hydroxylation is 3. The zero-order valence-electron chi connectivity index (χ0n) is 21.1. The molecule has 1 aliphatic rings. The molecule has 2 aromatic rings. The Kier molecular flexibility index (Phi) is 8.91. The predicted molar refractivity (Wildman–Crippen MR) is 137 cm³/mol. The lowest BCUT2D eigenvalue weighted by molar-refractivity contribution is -0.121. The standard InChI is InChI=1S/C26H35N3O5S/c1-18-13-19(2)26(20(3)14-18)35(31,32)29(22-9-7-6-8-10-22)17-25(30)28-27-16-21-15-23(33-4)11-12-24(21)34-5/h11-16,22H,6-10,17H2,1-5H3,(H,28,30)/b27-16+. The molecule has 0 heterocycles. The van der Waals surface area contributed by atoms with E-state index in [9.17, 15) is 13.2 Å². The van der Waals surface area contributed by atoms with Crippen LogP contribution in [-0.2, 0) is 14.8 Å². The second-order valence-electron chi connectivity index (χ2n) is 8.97. The maximum absolute atomic E-state index is 13.8. The third-order valence-electron chi connectivity index (χ3n) is 6.28. The second kappa shape index (κ2) is 11.7. The summed E-state index contributed by atoms with van der Waals surface area (Å²) in [5.74, 6) is 0.692. The maximum atomic E-state index is 13.8. The number of carbonyl (C=O) groups excluding carboxylic acids is 1. The Balaban J connectivity index is 1.84. The highest BCUT2D eigenvalue weighted by Gasteiger charge is 2.35. The number of ether oxygens (including phenoxy) is 2. The normalized spacial score (nSPS) is 14.9. The molecule has 0 saturated heterocycles. The SMILES string of the molecule is COc1ccc(OC)c(/C=N/NC(=O)CN(C2CCCCC2)S(=O)(=O)c2c(C)cc(C)cc2C)c1. The highest BCUT2D eigenvalue weighted by atomic mass is 32.2. The quantitative estimate of drug-likeness (QED) is 0.412. The number of sulfonamides is 1. The van der Waals surface area contributed by atoms with Crippen LogP contribution in [0.2, 0.25) is 0 Å². The molecule has 0 unspecified atom stereocenters. The number of nitrogens with zero attached hydrogens (tertiary/aromatic N) is 2. The van der Waals surface area contributed by atoms with Gasteiger partial charge in [0.1, 0.15) is 11.5 Å². The topological polar surface area (TPSA) is 97.3 Å². The lowest BCUT2D eigenvalue weighted by Gasteiger charge is -2.33. The van der Waals surface area contributed by atoms with Gasteiger partial charge in [0.2, 0.25) is 10.0 Å². The van der Waals surface area contributed by atoms with Crippen molar-refractivity contribution >= 4 is 22.1 Å². The highest BCUT2D eigenvalue weighted by molar-refractivity contribution is 7.89. The van der Waals surface area contributed by atoms with Crippen LogP contribution in [0.25, 0.3) is 0 Å². The van der Waals surface area contributed by atoms with Crippen molar-refractivity contribution in [2.24, 2.45) is 5.10 Å². The van der Waals surface area contributed by atoms with E-state index in [4.69, 9.17) is 9.47 Å². The van der Waals surface area contributed by atoms with Gasteiger partial charge in [-0.05, 0) is 62.9 Å². The summed E-state index contributed by atoms with van der Waals surface area (Å²) in [6, 6.07) is 8.75. The number of carbonyl (C=O) groups is 1. The zero-order valence-corrected chi connectivity index (χ0v) is 21.9. The van der Waals surface area contributed by atoms with Crippen LogP contribution in [0.5, 0.6) is 11.5 Å². The third kappa shape index (κ3) is 6.41. The van der Waals surface area contributed by atoms with Gasteiger partial charge < -0.3 is 9.47 Å². The molecule has 1 N–H and O–H groups in total. The number of hydrogen-bond acceptors (Lipinski definition) is 6. The minimum Gasteiger partial charge on any atom is -0.497 e. The molecule has 0 radical (unpaired) electrons. The smallest absolute Gasteiger partial charge is 0.255 e. The van der Waals surface area contributed by atoms with E-state index < -0.39 is 15.9 Å². The number of hydrazone groups is 1. The number of nitrogens with one attached hydrogen (secondary N) is 1. The number of methoxy groups -OCH3 is 2. The van der Waals surface area contributed by atoms with E-state index in [-0.39, 0.29) is 17.5 Å². The van der Waals surface area contributed by atoms with Crippen LogP contribution in [0.15, 0.2) is 40.3 Å². The molecule has 0 atom stereocenters. The van der Waals surface area contributed by atoms with E-state index in [2.05, 4.69) is 10.5 Å². The van der Waals surface area contributed by atoms with Crippen LogP contribution >= 0.6 is 0 Å². The summed E-state index contributed by atoms with van der Waals surface area (Å²) in [5.41, 5.74) is 5.48. The van der Waals surface area contributed by atoms with E-state index >= 15 is 0 Å². The van der Waals surface area contributed by atoms with Crippen molar-refractivity contribution in [2.45, 2.75) is 63.8 Å². The van der Waals surface area contributed by atoms with E-state index in [1.807, 2.05) is 19.1 Å². The number of rotatable bonds is 9. The van der Waals surface area contributed by atoms with Crippen LogP contribution in [0.1, 0.15) is 54.4 Å². The molecule has 35 heavy (non-hydrogen) atoms. The number of amides is 1. The largest absolute Gasteiger partial charge is 0.497 e. The van der Waals surface area contributed by atoms with Crippen molar-refractivity contribution in [1.29, 1.82) is 0 Å². The molecule has 2 aromatic carbocycles. The maximum Gasteiger partial charge on any atom is 0.255 e. The average Bonchev–Trinajstić information content (AvgIpc) is 2.82. The Morgan fingerprint density at radius 1 is 1.06 bits per heavy atom. The molecule has 8 nitrogen and oxygen atoms in total. The van der Waals surface area contributed by atoms with E-state index in [0.29, 0.717) is 28.2 Å². The molecule has 0 spiro atoms. The molecule has 0 aliphatic heterocycles. The molecular weight excluding hydrogens is 466 g/mol. The molecule has 1 amide bonds. The number of benzene rings is 2. The monoisotopic (exact) mass is 501 g/mol. The predicted octanol–water partition coefficient (Wildman–Crippen LogP) is 4.10. The first-order valence-corrected chi connectivity index (χ1v) is 13.2. The number of hydrogen-bond donors (Lipinski definition) is 1. The summed E-state index contributed by atoms with van der Waals surface area (Å²) in [6.45, 7) is 5.25. The molecular formula is C26H35N3O5S. The Morgan fingerprint density at radius 3 is 2.31 bits per heavy atom. The molecule has 1 fully saturated rings. The highest BCUT2D eigenvalue weighted by Crippen LogP contribution is 2.31. The Bertz CT molecular complexity index is 1160. The lowest BCUT2D eigenvalue weighted by Crippen LogP contribution is -2.46. The molecule has 0 aromatic heterocycles. The molecule has 3 rings (SSSR count). The fourth-order valence-electron chi connectivity index (χ4n) is 4.76. The Morgan fingerprint density at radius 2 is 1.71 bits per heavy atom. The first-order chi connectivity index (χ1) is 16.7. The van der Waals surface area contributed by atoms with Gasteiger partial charge in [-0.1, -0.05) is 37.0 Å². The first-order valence-electron chi connectivity index (χ1n) is 11.8. The van der Waals surface area contributed by atoms with Gasteiger partial charge in [0.05, 0.1) is 31.9 Å². The van der Waals surface area contributed by atoms with Crippen LogP contribution < -0.4 is 14.9 Å². The van der Waals surface area contributed by atoms with Crippen molar-refractivity contribution in [1.82, 2.24) is 9.73 Å². The van der Waals surface area contributed by atoms with Gasteiger partial charge >= 0.3 is 0 Å². The van der Waals surface area contributed by atoms with E-state index in [1.165, 1.54) is 10.5 Å². The van der Waals surface area contributed by atoms with Gasteiger partial charge in [-0.2, -0.15) is 9.41 Å². The van der Waals surface area contributed by atoms with Crippen molar-refractivity contribution in [3.63, 3.8) is 0 Å². The summed E-state index contributed by atoms with van der Waals surface area (Å²) in [6.07, 6.45) is 5.89. The van der Waals surface area contributed by atoms with Crippen molar-refractivity contribution in [3.8, 4) is 11.5 Å². The van der Waals surface area contributed by atoms with Crippen LogP contribution in [0.4, 0.5) is 0 Å². The van der Waals surface area contributed by atoms with Gasteiger partial charge in [-0.15, -0.1) is 0 Å². The minimum atomic E-state index is -3.89. The van der Waals surface area contributed by atoms with Crippen molar-refractivity contribution in [3.05, 3.63) is 52.6 Å². The summed E-state index contributed by atoms with van der Waals surface area (Å²) < 4.78 is 39.6. The minimum absolute atomic E-state index is 0.220. The molecule has 9 heteroatoms. The Labute approximate surface area is 208 Å². The molecule has 1 aliphatic carbocycles. The molecule has 1 saturated carbocycles. The van der Waals surface area contributed by atoms with Gasteiger partial charge in [-0.3, -0.25) is 4.79 Å². The van der Waals surface area contributed by atoms with Crippen LogP contribution in [-0.4, -0.2) is 51.7 Å². The first kappa shape index (κ1) is 26.7. The third-order valence-corrected chi connectivity index (χ3v) is 8.49. The van der Waals surface area contributed by atoms with E-state index in [1.54, 1.807) is 46.3 Å². The average molecular weight is 502 g/mol. The summed E-state index contributed by atoms with van der Waals surface area (Å²) in [4.78, 5) is 13.2. The summed E-state index contributed by atoms with van der Waals surface area (Å²) >= 11 is 0. The fraction of sp³-hybridized carbons (Fsp3) is 0.462. The van der Waals surface area contributed by atoms with Gasteiger partial charge in [0.15, 0.2) is 0 Å². The molecule has 0 bridgehead atoms. The molecule has 190 valence electrons. The van der Waals surface area contributed by atoms with Gasteiger partial charge in [0.25, 0.3) is 5.91 Å². The second-order valence-corrected chi connectivity index (χ2v) is 10.8. The Hall–Kier alpha value is -2.91. The van der Waals surface area contributed by atoms with E-state index in [0.717, 1.165) is 37.7 Å². The summed E-state index contributed by atoms with van der Waals surface area (Å²) in [5, 5.41) is 4.04. The van der Waals surface area contributed by atoms with Crippen LogP contribution in [0, 0.1) is 20.8 Å². The van der Waals surface area contributed by atoms with Crippen molar-refractivity contribution in [2.75, 3.05) is 20.8 Å². The van der Waals surface area contributed by atoms with Crippen molar-refractivity contribution < 1.29 is 22.7 Å². The van der Waals surface area contributed by atoms with Gasteiger partial charge in [0, 0.05) is 11.6 Å². The lowest BCUT2D eigenvalue weighted by atomic mass is 9.95. The zero-order chi connectivity index (χ0) is 25.6. The van der Waals surface area contributed by atoms with Gasteiger partial charge in [-0.25, -0.2) is 13.8 Å².